The van der Waals surface area contributed by atoms with Gasteiger partial charge < -0.3 is 5.32 Å². The Morgan fingerprint density at radius 1 is 1.35 bits per heavy atom. The Kier molecular flexibility index (Phi) is 3.18. The zero-order valence-corrected chi connectivity index (χ0v) is 9.79. The summed E-state index contributed by atoms with van der Waals surface area (Å²) in [5.74, 6) is 0.631. The number of carbonyl (C=O) groups excluding carboxylic acids is 1. The van der Waals surface area contributed by atoms with Crippen molar-refractivity contribution in [2.45, 2.75) is 19.9 Å². The maximum atomic E-state index is 11.0. The lowest BCUT2D eigenvalue weighted by Crippen LogP contribution is -2.26. The lowest BCUT2D eigenvalue weighted by Gasteiger charge is -2.13. The van der Waals surface area contributed by atoms with Crippen molar-refractivity contribution in [2.24, 2.45) is 0 Å². The molecule has 2 rings (SSSR count). The molecular weight excluding hydrogens is 216 g/mol. The average Bonchev–Trinajstić information content (AvgIpc) is 2.78. The number of nitrogens with one attached hydrogen (secondary N) is 1. The fraction of sp³-hybridized carbons (Fsp3) is 0.250. The largest absolute Gasteiger partial charge is 0.347 e. The fourth-order valence-electron chi connectivity index (χ4n) is 1.70. The minimum absolute atomic E-state index is 0.0832. The van der Waals surface area contributed by atoms with Crippen molar-refractivity contribution >= 4 is 5.91 Å². The Bertz CT molecular complexity index is 506. The van der Waals surface area contributed by atoms with E-state index >= 15 is 0 Å². The summed E-state index contributed by atoms with van der Waals surface area (Å²) in [6.07, 6.45) is 1.64. The Morgan fingerprint density at radius 2 is 2.06 bits per heavy atom. The normalized spacial score (nSPS) is 12.1. The summed E-state index contributed by atoms with van der Waals surface area (Å²) in [5.41, 5.74) is 0.977. The molecule has 88 valence electrons. The molecule has 1 heterocycles. The van der Waals surface area contributed by atoms with Crippen molar-refractivity contribution in [3.63, 3.8) is 0 Å². The highest BCUT2D eigenvalue weighted by atomic mass is 16.1. The minimum atomic E-state index is -0.171. The number of para-hydroxylation sites is 1. The van der Waals surface area contributed by atoms with Crippen molar-refractivity contribution in [3.8, 4) is 5.69 Å². The molecule has 1 N–H and O–H groups in total. The Hall–Kier alpha value is -2.17. The van der Waals surface area contributed by atoms with Crippen LogP contribution in [0.2, 0.25) is 0 Å². The van der Waals surface area contributed by atoms with Crippen LogP contribution in [0.15, 0.2) is 36.7 Å². The van der Waals surface area contributed by atoms with Crippen molar-refractivity contribution < 1.29 is 4.79 Å². The van der Waals surface area contributed by atoms with Crippen LogP contribution in [0.3, 0.4) is 0 Å². The molecule has 0 fully saturated rings. The number of aromatic nitrogens is 3. The van der Waals surface area contributed by atoms with Crippen LogP contribution in [0.25, 0.3) is 5.69 Å². The van der Waals surface area contributed by atoms with E-state index in [1.165, 1.54) is 6.92 Å². The zero-order chi connectivity index (χ0) is 12.3. The van der Waals surface area contributed by atoms with Crippen molar-refractivity contribution in [1.29, 1.82) is 0 Å². The SMILES string of the molecule is CC(=O)NC(C)c1nncn1-c1ccccc1. The molecule has 0 bridgehead atoms. The van der Waals surface area contributed by atoms with Gasteiger partial charge in [0, 0.05) is 12.6 Å². The van der Waals surface area contributed by atoms with E-state index in [0.717, 1.165) is 5.69 Å². The van der Waals surface area contributed by atoms with Gasteiger partial charge in [-0.3, -0.25) is 9.36 Å². The monoisotopic (exact) mass is 230 g/mol. The first-order valence-corrected chi connectivity index (χ1v) is 5.41. The van der Waals surface area contributed by atoms with Gasteiger partial charge in [-0.25, -0.2) is 0 Å². The van der Waals surface area contributed by atoms with Crippen LogP contribution in [-0.4, -0.2) is 20.7 Å². The van der Waals surface area contributed by atoms with Crippen LogP contribution in [0.4, 0.5) is 0 Å². The highest BCUT2D eigenvalue weighted by Gasteiger charge is 2.14. The first kappa shape index (κ1) is 11.3. The lowest BCUT2D eigenvalue weighted by atomic mass is 10.2. The van der Waals surface area contributed by atoms with Crippen LogP contribution in [0.5, 0.6) is 0 Å². The summed E-state index contributed by atoms with van der Waals surface area (Å²) in [5, 5.41) is 10.7. The number of hydrogen-bond acceptors (Lipinski definition) is 3. The smallest absolute Gasteiger partial charge is 0.217 e. The molecule has 1 atom stereocenters. The van der Waals surface area contributed by atoms with Gasteiger partial charge in [-0.2, -0.15) is 0 Å². The van der Waals surface area contributed by atoms with Gasteiger partial charge in [0.2, 0.25) is 5.91 Å². The molecule has 1 unspecified atom stereocenters. The molecular formula is C12H14N4O. The van der Waals surface area contributed by atoms with E-state index < -0.39 is 0 Å². The van der Waals surface area contributed by atoms with Crippen LogP contribution in [0, 0.1) is 0 Å². The van der Waals surface area contributed by atoms with Gasteiger partial charge in [0.25, 0.3) is 0 Å². The molecule has 17 heavy (non-hydrogen) atoms. The number of nitrogens with zero attached hydrogens (tertiary/aromatic N) is 3. The van der Waals surface area contributed by atoms with Gasteiger partial charge >= 0.3 is 0 Å². The van der Waals surface area contributed by atoms with Crippen LogP contribution >= 0.6 is 0 Å². The Morgan fingerprint density at radius 3 is 2.71 bits per heavy atom. The van der Waals surface area contributed by atoms with Crippen molar-refractivity contribution in [1.82, 2.24) is 20.1 Å². The molecule has 5 heteroatoms. The maximum absolute atomic E-state index is 11.0. The molecule has 0 aliphatic carbocycles. The Labute approximate surface area is 99.5 Å². The number of hydrogen-bond donors (Lipinski definition) is 1. The molecule has 1 amide bonds. The molecule has 0 aliphatic rings. The number of rotatable bonds is 3. The van der Waals surface area contributed by atoms with Crippen LogP contribution < -0.4 is 5.32 Å². The first-order chi connectivity index (χ1) is 8.18. The molecule has 0 spiro atoms. The quantitative estimate of drug-likeness (QED) is 0.868. The van der Waals surface area contributed by atoms with Gasteiger partial charge in [0.05, 0.1) is 6.04 Å². The summed E-state index contributed by atoms with van der Waals surface area (Å²) in [6, 6.07) is 9.60. The number of carbonyl (C=O) groups is 1. The molecule has 0 aliphatic heterocycles. The van der Waals surface area contributed by atoms with E-state index in [-0.39, 0.29) is 11.9 Å². The van der Waals surface area contributed by atoms with E-state index in [0.29, 0.717) is 5.82 Å². The predicted octanol–water partition coefficient (Wildman–Crippen LogP) is 1.46. The van der Waals surface area contributed by atoms with Crippen LogP contribution in [0.1, 0.15) is 25.7 Å². The summed E-state index contributed by atoms with van der Waals surface area (Å²) in [4.78, 5) is 11.0. The summed E-state index contributed by atoms with van der Waals surface area (Å²) in [6.45, 7) is 3.37. The third-order valence-electron chi connectivity index (χ3n) is 2.42. The molecule has 5 nitrogen and oxygen atoms in total. The van der Waals surface area contributed by atoms with E-state index in [9.17, 15) is 4.79 Å². The molecule has 0 radical (unpaired) electrons. The van der Waals surface area contributed by atoms with Gasteiger partial charge in [0.1, 0.15) is 6.33 Å². The Balaban J connectivity index is 2.32. The molecule has 0 saturated heterocycles. The lowest BCUT2D eigenvalue weighted by molar-refractivity contribution is -0.119. The zero-order valence-electron chi connectivity index (χ0n) is 9.79. The second kappa shape index (κ2) is 4.78. The minimum Gasteiger partial charge on any atom is -0.347 e. The van der Waals surface area contributed by atoms with E-state index in [1.807, 2.05) is 41.8 Å². The van der Waals surface area contributed by atoms with Gasteiger partial charge in [-0.1, -0.05) is 18.2 Å². The molecule has 2 aromatic rings. The molecule has 1 aromatic carbocycles. The second-order valence-corrected chi connectivity index (χ2v) is 3.82. The van der Waals surface area contributed by atoms with Crippen molar-refractivity contribution in [3.05, 3.63) is 42.5 Å². The third-order valence-corrected chi connectivity index (χ3v) is 2.42. The van der Waals surface area contributed by atoms with E-state index in [1.54, 1.807) is 6.33 Å². The fourth-order valence-corrected chi connectivity index (χ4v) is 1.70. The topological polar surface area (TPSA) is 59.8 Å². The maximum Gasteiger partial charge on any atom is 0.217 e. The standard InChI is InChI=1S/C12H14N4O/c1-9(14-10(2)17)12-15-13-8-16(12)11-6-4-3-5-7-11/h3-9H,1-2H3,(H,14,17). The highest BCUT2D eigenvalue weighted by Crippen LogP contribution is 2.14. The second-order valence-electron chi connectivity index (χ2n) is 3.82. The van der Waals surface area contributed by atoms with E-state index in [4.69, 9.17) is 0 Å². The molecule has 0 saturated carbocycles. The highest BCUT2D eigenvalue weighted by molar-refractivity contribution is 5.73. The summed E-state index contributed by atoms with van der Waals surface area (Å²) in [7, 11) is 0. The third kappa shape index (κ3) is 2.50. The van der Waals surface area contributed by atoms with Gasteiger partial charge in [-0.05, 0) is 19.1 Å². The first-order valence-electron chi connectivity index (χ1n) is 5.41. The van der Waals surface area contributed by atoms with E-state index in [2.05, 4.69) is 15.5 Å². The van der Waals surface area contributed by atoms with Gasteiger partial charge in [-0.15, -0.1) is 10.2 Å². The summed E-state index contributed by atoms with van der Waals surface area (Å²) >= 11 is 0. The average molecular weight is 230 g/mol. The summed E-state index contributed by atoms with van der Waals surface area (Å²) < 4.78 is 1.86. The molecule has 1 aromatic heterocycles. The van der Waals surface area contributed by atoms with Gasteiger partial charge in [0.15, 0.2) is 5.82 Å². The number of benzene rings is 1. The predicted molar refractivity (Wildman–Crippen MR) is 63.6 cm³/mol. The van der Waals surface area contributed by atoms with Crippen LogP contribution in [-0.2, 0) is 4.79 Å². The number of amides is 1. The van der Waals surface area contributed by atoms with Crippen molar-refractivity contribution in [2.75, 3.05) is 0 Å².